The normalized spacial score (nSPS) is 13.2. The Hall–Kier alpha value is -0.600. The molecule has 1 unspecified atom stereocenters. The molecule has 0 aliphatic carbocycles. The van der Waals surface area contributed by atoms with Gasteiger partial charge >= 0.3 is 0 Å². The van der Waals surface area contributed by atoms with E-state index in [1.807, 2.05) is 6.07 Å². The van der Waals surface area contributed by atoms with Gasteiger partial charge in [-0.05, 0) is 55.3 Å². The maximum Gasteiger partial charge on any atom is 0.142 e. The third-order valence-electron chi connectivity index (χ3n) is 3.33. The molecule has 1 aromatic rings. The third kappa shape index (κ3) is 6.23. The molecular formula is C17H27ClFN. The second-order valence-corrected chi connectivity index (χ2v) is 6.84. The monoisotopic (exact) mass is 299 g/mol. The van der Waals surface area contributed by atoms with Crippen molar-refractivity contribution < 1.29 is 4.39 Å². The summed E-state index contributed by atoms with van der Waals surface area (Å²) in [7, 11) is 0. The van der Waals surface area contributed by atoms with E-state index in [1.54, 1.807) is 6.07 Å². The summed E-state index contributed by atoms with van der Waals surface area (Å²) in [6.45, 7) is 10.8. The van der Waals surface area contributed by atoms with Gasteiger partial charge in [0.15, 0.2) is 0 Å². The van der Waals surface area contributed by atoms with Gasteiger partial charge in [-0.25, -0.2) is 4.39 Å². The van der Waals surface area contributed by atoms with Crippen molar-refractivity contribution in [1.29, 1.82) is 0 Å². The lowest BCUT2D eigenvalue weighted by molar-refractivity contribution is 0.376. The third-order valence-corrected chi connectivity index (χ3v) is 3.75. The van der Waals surface area contributed by atoms with E-state index in [2.05, 4.69) is 33.0 Å². The average Bonchev–Trinajstić information content (AvgIpc) is 2.33. The van der Waals surface area contributed by atoms with Crippen LogP contribution in [-0.2, 0) is 6.42 Å². The first-order valence-corrected chi connectivity index (χ1v) is 7.91. The number of hydrogen-bond acceptors (Lipinski definition) is 1. The molecule has 0 radical (unpaired) electrons. The van der Waals surface area contributed by atoms with E-state index >= 15 is 0 Å². The second-order valence-electron chi connectivity index (χ2n) is 6.46. The Morgan fingerprint density at radius 2 is 1.80 bits per heavy atom. The van der Waals surface area contributed by atoms with Crippen LogP contribution >= 0.6 is 11.6 Å². The fourth-order valence-corrected chi connectivity index (χ4v) is 2.70. The number of benzene rings is 1. The summed E-state index contributed by atoms with van der Waals surface area (Å²) in [6.07, 6.45) is 1.96. The molecule has 0 fully saturated rings. The molecule has 0 aliphatic rings. The Labute approximate surface area is 127 Å². The minimum Gasteiger partial charge on any atom is -0.316 e. The van der Waals surface area contributed by atoms with Crippen molar-refractivity contribution in [2.24, 2.45) is 17.8 Å². The molecule has 1 rings (SSSR count). The Morgan fingerprint density at radius 1 is 1.10 bits per heavy atom. The number of hydrogen-bond donors (Lipinski definition) is 1. The molecular weight excluding hydrogens is 273 g/mol. The van der Waals surface area contributed by atoms with Crippen LogP contribution in [0, 0.1) is 23.6 Å². The van der Waals surface area contributed by atoms with Crippen molar-refractivity contribution in [3.63, 3.8) is 0 Å². The molecule has 0 spiro atoms. The second kappa shape index (κ2) is 8.63. The molecule has 0 saturated carbocycles. The van der Waals surface area contributed by atoms with Crippen molar-refractivity contribution in [3.8, 4) is 0 Å². The molecule has 1 N–H and O–H groups in total. The van der Waals surface area contributed by atoms with Crippen LogP contribution in [0.1, 0.15) is 39.7 Å². The minimum absolute atomic E-state index is 0.283. The van der Waals surface area contributed by atoms with Crippen molar-refractivity contribution in [3.05, 3.63) is 34.6 Å². The molecule has 1 aromatic carbocycles. The SMILES string of the molecule is CC(C)CNCC(Cc1cccc(F)c1Cl)CC(C)C. The molecule has 1 nitrogen and oxygen atoms in total. The maximum atomic E-state index is 13.5. The summed E-state index contributed by atoms with van der Waals surface area (Å²) in [6, 6.07) is 5.09. The van der Waals surface area contributed by atoms with Crippen LogP contribution < -0.4 is 5.32 Å². The predicted molar refractivity (Wildman–Crippen MR) is 85.8 cm³/mol. The highest BCUT2D eigenvalue weighted by Gasteiger charge is 2.15. The Morgan fingerprint density at radius 3 is 2.40 bits per heavy atom. The van der Waals surface area contributed by atoms with Crippen LogP contribution in [0.5, 0.6) is 0 Å². The first-order valence-electron chi connectivity index (χ1n) is 7.53. The van der Waals surface area contributed by atoms with Crippen LogP contribution in [-0.4, -0.2) is 13.1 Å². The maximum absolute atomic E-state index is 13.5. The molecule has 114 valence electrons. The minimum atomic E-state index is -0.317. The molecule has 0 heterocycles. The summed E-state index contributed by atoms with van der Waals surface area (Å²) in [5.41, 5.74) is 0.920. The Balaban J connectivity index is 2.65. The largest absolute Gasteiger partial charge is 0.316 e. The molecule has 0 aliphatic heterocycles. The fraction of sp³-hybridized carbons (Fsp3) is 0.647. The van der Waals surface area contributed by atoms with E-state index in [1.165, 1.54) is 6.07 Å². The van der Waals surface area contributed by atoms with E-state index in [0.29, 0.717) is 17.8 Å². The molecule has 0 saturated heterocycles. The summed E-state index contributed by atoms with van der Waals surface area (Å²) < 4.78 is 13.5. The van der Waals surface area contributed by atoms with Gasteiger partial charge in [-0.2, -0.15) is 0 Å². The average molecular weight is 300 g/mol. The van der Waals surface area contributed by atoms with Gasteiger partial charge in [0.1, 0.15) is 5.82 Å². The topological polar surface area (TPSA) is 12.0 Å². The van der Waals surface area contributed by atoms with Gasteiger partial charge < -0.3 is 5.32 Å². The van der Waals surface area contributed by atoms with E-state index < -0.39 is 0 Å². The van der Waals surface area contributed by atoms with Crippen molar-refractivity contribution in [1.82, 2.24) is 5.32 Å². The molecule has 0 bridgehead atoms. The highest BCUT2D eigenvalue weighted by Crippen LogP contribution is 2.24. The lowest BCUT2D eigenvalue weighted by atomic mass is 9.90. The fourth-order valence-electron chi connectivity index (χ4n) is 2.50. The lowest BCUT2D eigenvalue weighted by Crippen LogP contribution is -2.28. The van der Waals surface area contributed by atoms with Crippen molar-refractivity contribution in [2.75, 3.05) is 13.1 Å². The molecule has 0 amide bonds. The zero-order valence-electron chi connectivity index (χ0n) is 13.0. The van der Waals surface area contributed by atoms with Gasteiger partial charge in [0.2, 0.25) is 0 Å². The molecule has 20 heavy (non-hydrogen) atoms. The van der Waals surface area contributed by atoms with Crippen LogP contribution in [0.2, 0.25) is 5.02 Å². The zero-order chi connectivity index (χ0) is 15.1. The number of rotatable bonds is 8. The van der Waals surface area contributed by atoms with Crippen LogP contribution in [0.3, 0.4) is 0 Å². The van der Waals surface area contributed by atoms with Gasteiger partial charge in [-0.3, -0.25) is 0 Å². The summed E-state index contributed by atoms with van der Waals surface area (Å²) in [4.78, 5) is 0. The highest BCUT2D eigenvalue weighted by atomic mass is 35.5. The van der Waals surface area contributed by atoms with E-state index in [0.717, 1.165) is 31.5 Å². The van der Waals surface area contributed by atoms with Gasteiger partial charge in [0.05, 0.1) is 5.02 Å². The summed E-state index contributed by atoms with van der Waals surface area (Å²) >= 11 is 6.06. The molecule has 3 heteroatoms. The first kappa shape index (κ1) is 17.5. The van der Waals surface area contributed by atoms with Gasteiger partial charge in [0.25, 0.3) is 0 Å². The zero-order valence-corrected chi connectivity index (χ0v) is 13.8. The smallest absolute Gasteiger partial charge is 0.142 e. The predicted octanol–water partition coefficient (Wildman–Crippen LogP) is 4.93. The summed E-state index contributed by atoms with van der Waals surface area (Å²) in [5, 5.41) is 3.79. The van der Waals surface area contributed by atoms with E-state index in [-0.39, 0.29) is 10.8 Å². The van der Waals surface area contributed by atoms with Crippen LogP contribution in [0.15, 0.2) is 18.2 Å². The van der Waals surface area contributed by atoms with Crippen molar-refractivity contribution in [2.45, 2.75) is 40.5 Å². The van der Waals surface area contributed by atoms with E-state index in [9.17, 15) is 4.39 Å². The lowest BCUT2D eigenvalue weighted by Gasteiger charge is -2.21. The van der Waals surface area contributed by atoms with Gasteiger partial charge in [-0.15, -0.1) is 0 Å². The molecule has 1 atom stereocenters. The highest BCUT2D eigenvalue weighted by molar-refractivity contribution is 6.31. The van der Waals surface area contributed by atoms with Crippen molar-refractivity contribution >= 4 is 11.6 Å². The number of nitrogens with one attached hydrogen (secondary N) is 1. The summed E-state index contributed by atoms with van der Waals surface area (Å²) in [5.74, 6) is 1.45. The van der Waals surface area contributed by atoms with Crippen LogP contribution in [0.4, 0.5) is 4.39 Å². The van der Waals surface area contributed by atoms with Gasteiger partial charge in [-0.1, -0.05) is 51.4 Å². The molecule has 0 aromatic heterocycles. The first-order chi connectivity index (χ1) is 9.40. The van der Waals surface area contributed by atoms with Gasteiger partial charge in [0, 0.05) is 0 Å². The Kier molecular flexibility index (Phi) is 7.53. The number of halogens is 2. The van der Waals surface area contributed by atoms with E-state index in [4.69, 9.17) is 11.6 Å². The standard InChI is InChI=1S/C17H27ClFN/c1-12(2)8-14(11-20-10-13(3)4)9-15-6-5-7-16(19)17(15)18/h5-7,12-14,20H,8-11H2,1-4H3. The Bertz CT molecular complexity index is 404. The van der Waals surface area contributed by atoms with Crippen LogP contribution in [0.25, 0.3) is 0 Å². The quantitative estimate of drug-likeness (QED) is 0.717.